The van der Waals surface area contributed by atoms with Crippen LogP contribution >= 0.6 is 0 Å². The quantitative estimate of drug-likeness (QED) is 0.632. The summed E-state index contributed by atoms with van der Waals surface area (Å²) < 4.78 is 0. The summed E-state index contributed by atoms with van der Waals surface area (Å²) in [7, 11) is 0. The zero-order valence-corrected chi connectivity index (χ0v) is 13.6. The molecule has 5 nitrogen and oxygen atoms in total. The largest absolute Gasteiger partial charge is 0.480 e. The fraction of sp³-hybridized carbons (Fsp3) is 0.875. The van der Waals surface area contributed by atoms with Crippen LogP contribution in [0.25, 0.3) is 0 Å². The summed E-state index contributed by atoms with van der Waals surface area (Å²) >= 11 is 0. The van der Waals surface area contributed by atoms with E-state index < -0.39 is 11.5 Å². The lowest BCUT2D eigenvalue weighted by Crippen LogP contribution is -2.58. The van der Waals surface area contributed by atoms with Crippen LogP contribution in [0.1, 0.15) is 65.7 Å². The van der Waals surface area contributed by atoms with Crippen LogP contribution in [0, 0.1) is 11.8 Å². The Morgan fingerprint density at radius 2 is 1.90 bits per heavy atom. The minimum Gasteiger partial charge on any atom is -0.480 e. The molecule has 1 rings (SSSR count). The average molecular weight is 298 g/mol. The van der Waals surface area contributed by atoms with Crippen molar-refractivity contribution in [1.29, 1.82) is 0 Å². The van der Waals surface area contributed by atoms with E-state index in [1.807, 2.05) is 0 Å². The molecule has 1 aliphatic carbocycles. The molecule has 0 aromatic rings. The van der Waals surface area contributed by atoms with Crippen molar-refractivity contribution >= 4 is 12.0 Å². The first kappa shape index (κ1) is 17.8. The second-order valence-electron chi connectivity index (χ2n) is 6.66. The molecule has 0 aliphatic heterocycles. The summed E-state index contributed by atoms with van der Waals surface area (Å²) in [5.74, 6) is 0.298. The van der Waals surface area contributed by atoms with Gasteiger partial charge in [-0.1, -0.05) is 27.2 Å². The standard InChI is InChI=1S/C16H30N2O3/c1-4-13-7-9-16(10-8-13,14(19)20)18-15(21)17-11-5-6-12(2)3/h12-13H,4-11H2,1-3H3,(H,19,20)(H2,17,18,21). The molecule has 0 atom stereocenters. The number of carbonyl (C=O) groups excluding carboxylic acids is 1. The summed E-state index contributed by atoms with van der Waals surface area (Å²) in [6, 6.07) is -0.351. The van der Waals surface area contributed by atoms with Gasteiger partial charge in [0.25, 0.3) is 0 Å². The van der Waals surface area contributed by atoms with Crippen LogP contribution in [-0.4, -0.2) is 29.2 Å². The minimum atomic E-state index is -1.08. The smallest absolute Gasteiger partial charge is 0.329 e. The molecule has 0 heterocycles. The Balaban J connectivity index is 2.44. The second-order valence-corrected chi connectivity index (χ2v) is 6.66. The van der Waals surface area contributed by atoms with Gasteiger partial charge < -0.3 is 15.7 Å². The predicted octanol–water partition coefficient (Wildman–Crippen LogP) is 3.15. The zero-order chi connectivity index (χ0) is 15.9. The third-order valence-electron chi connectivity index (χ3n) is 4.54. The van der Waals surface area contributed by atoms with Gasteiger partial charge in [-0.2, -0.15) is 0 Å². The van der Waals surface area contributed by atoms with Crippen molar-refractivity contribution in [1.82, 2.24) is 10.6 Å². The molecule has 21 heavy (non-hydrogen) atoms. The Bertz CT molecular complexity index is 347. The number of carbonyl (C=O) groups is 2. The van der Waals surface area contributed by atoms with E-state index in [9.17, 15) is 14.7 Å². The van der Waals surface area contributed by atoms with Crippen molar-refractivity contribution in [2.75, 3.05) is 6.54 Å². The monoisotopic (exact) mass is 298 g/mol. The second kappa shape index (κ2) is 8.25. The summed E-state index contributed by atoms with van der Waals surface area (Å²) in [5.41, 5.74) is -1.08. The highest BCUT2D eigenvalue weighted by Gasteiger charge is 2.42. The lowest BCUT2D eigenvalue weighted by atomic mass is 9.75. The highest BCUT2D eigenvalue weighted by molar-refractivity contribution is 5.86. The van der Waals surface area contributed by atoms with Gasteiger partial charge in [-0.3, -0.25) is 0 Å². The Labute approximate surface area is 127 Å². The Morgan fingerprint density at radius 3 is 2.38 bits per heavy atom. The molecule has 0 unspecified atom stereocenters. The van der Waals surface area contributed by atoms with E-state index in [0.29, 0.717) is 31.2 Å². The van der Waals surface area contributed by atoms with E-state index in [1.165, 1.54) is 0 Å². The zero-order valence-electron chi connectivity index (χ0n) is 13.6. The van der Waals surface area contributed by atoms with Gasteiger partial charge in [0.2, 0.25) is 0 Å². The van der Waals surface area contributed by atoms with Crippen LogP contribution in [0.15, 0.2) is 0 Å². The highest BCUT2D eigenvalue weighted by atomic mass is 16.4. The van der Waals surface area contributed by atoms with Crippen molar-refractivity contribution in [3.8, 4) is 0 Å². The first-order chi connectivity index (χ1) is 9.89. The van der Waals surface area contributed by atoms with Gasteiger partial charge in [-0.25, -0.2) is 9.59 Å². The number of carboxylic acid groups (broad SMARTS) is 1. The molecule has 0 radical (unpaired) electrons. The number of nitrogens with one attached hydrogen (secondary N) is 2. The molecule has 0 aromatic heterocycles. The molecular weight excluding hydrogens is 268 g/mol. The van der Waals surface area contributed by atoms with Crippen LogP contribution in [0.5, 0.6) is 0 Å². The minimum absolute atomic E-state index is 0.351. The van der Waals surface area contributed by atoms with E-state index in [2.05, 4.69) is 31.4 Å². The SMILES string of the molecule is CCC1CCC(NC(=O)NCCCC(C)C)(C(=O)O)CC1. The Hall–Kier alpha value is -1.26. The molecule has 0 bridgehead atoms. The molecule has 0 spiro atoms. The number of aliphatic carboxylic acids is 1. The number of hydrogen-bond donors (Lipinski definition) is 3. The van der Waals surface area contributed by atoms with Crippen LogP contribution in [0.4, 0.5) is 4.79 Å². The predicted molar refractivity (Wildman–Crippen MR) is 83.2 cm³/mol. The van der Waals surface area contributed by atoms with Gasteiger partial charge in [0.05, 0.1) is 0 Å². The molecule has 5 heteroatoms. The van der Waals surface area contributed by atoms with Gasteiger partial charge in [-0.05, 0) is 50.4 Å². The Morgan fingerprint density at radius 1 is 1.29 bits per heavy atom. The van der Waals surface area contributed by atoms with Crippen LogP contribution < -0.4 is 10.6 Å². The van der Waals surface area contributed by atoms with E-state index >= 15 is 0 Å². The average Bonchev–Trinajstić information content (AvgIpc) is 2.44. The topological polar surface area (TPSA) is 78.4 Å². The van der Waals surface area contributed by atoms with E-state index in [4.69, 9.17) is 0 Å². The van der Waals surface area contributed by atoms with Crippen molar-refractivity contribution in [3.63, 3.8) is 0 Å². The van der Waals surface area contributed by atoms with Crippen molar-refractivity contribution in [2.24, 2.45) is 11.8 Å². The number of rotatable bonds is 7. The van der Waals surface area contributed by atoms with Crippen LogP contribution in [-0.2, 0) is 4.79 Å². The van der Waals surface area contributed by atoms with Crippen molar-refractivity contribution in [3.05, 3.63) is 0 Å². The number of hydrogen-bond acceptors (Lipinski definition) is 2. The van der Waals surface area contributed by atoms with Crippen molar-refractivity contribution in [2.45, 2.75) is 71.3 Å². The third kappa shape index (κ3) is 5.56. The maximum atomic E-state index is 11.9. The lowest BCUT2D eigenvalue weighted by Gasteiger charge is -2.37. The fourth-order valence-electron chi connectivity index (χ4n) is 2.94. The molecule has 2 amide bonds. The first-order valence-electron chi connectivity index (χ1n) is 8.19. The maximum Gasteiger partial charge on any atom is 0.329 e. The number of carboxylic acids is 1. The third-order valence-corrected chi connectivity index (χ3v) is 4.54. The summed E-state index contributed by atoms with van der Waals surface area (Å²) in [5, 5.41) is 15.0. The van der Waals surface area contributed by atoms with E-state index in [-0.39, 0.29) is 6.03 Å². The van der Waals surface area contributed by atoms with Gasteiger partial charge in [-0.15, -0.1) is 0 Å². The van der Waals surface area contributed by atoms with Gasteiger partial charge in [0.1, 0.15) is 5.54 Å². The van der Waals surface area contributed by atoms with E-state index in [0.717, 1.165) is 32.1 Å². The van der Waals surface area contributed by atoms with E-state index in [1.54, 1.807) is 0 Å². The molecule has 3 N–H and O–H groups in total. The molecule has 1 fully saturated rings. The maximum absolute atomic E-state index is 11.9. The lowest BCUT2D eigenvalue weighted by molar-refractivity contribution is -0.146. The van der Waals surface area contributed by atoms with Gasteiger partial charge >= 0.3 is 12.0 Å². The van der Waals surface area contributed by atoms with Gasteiger partial charge in [0, 0.05) is 6.54 Å². The highest BCUT2D eigenvalue weighted by Crippen LogP contribution is 2.33. The van der Waals surface area contributed by atoms with Crippen molar-refractivity contribution < 1.29 is 14.7 Å². The molecular formula is C16H30N2O3. The van der Waals surface area contributed by atoms with Gasteiger partial charge in [0.15, 0.2) is 0 Å². The summed E-state index contributed by atoms with van der Waals surface area (Å²) in [6.45, 7) is 7.02. The molecule has 122 valence electrons. The normalized spacial score (nSPS) is 25.6. The number of amides is 2. The molecule has 0 saturated heterocycles. The molecule has 1 aliphatic rings. The van der Waals surface area contributed by atoms with Crippen LogP contribution in [0.2, 0.25) is 0 Å². The van der Waals surface area contributed by atoms with Crippen LogP contribution in [0.3, 0.4) is 0 Å². The fourth-order valence-corrected chi connectivity index (χ4v) is 2.94. The summed E-state index contributed by atoms with van der Waals surface area (Å²) in [6.07, 6.45) is 5.86. The molecule has 1 saturated carbocycles. The Kier molecular flexibility index (Phi) is 6.99. The first-order valence-corrected chi connectivity index (χ1v) is 8.19. The number of urea groups is 1. The molecule has 0 aromatic carbocycles. The summed E-state index contributed by atoms with van der Waals surface area (Å²) in [4.78, 5) is 23.5.